The van der Waals surface area contributed by atoms with Crippen LogP contribution in [0.1, 0.15) is 71.9 Å². The minimum absolute atomic E-state index is 0.0743. The molecule has 1 atom stereocenters. The van der Waals surface area contributed by atoms with Gasteiger partial charge in [0.15, 0.2) is 12.4 Å². The molecule has 0 fully saturated rings. The Kier molecular flexibility index (Phi) is 9.38. The topological polar surface area (TPSA) is 109 Å². The zero-order valence-corrected chi connectivity index (χ0v) is 21.4. The van der Waals surface area contributed by atoms with Gasteiger partial charge in [-0.1, -0.05) is 19.9 Å². The first-order valence-electron chi connectivity index (χ1n) is 12.2. The molecule has 37 heavy (non-hydrogen) atoms. The van der Waals surface area contributed by atoms with Gasteiger partial charge >= 0.3 is 17.6 Å². The summed E-state index contributed by atoms with van der Waals surface area (Å²) in [6.07, 6.45) is 3.92. The highest BCUT2D eigenvalue weighted by atomic mass is 16.6. The number of allylic oxidation sites excluding steroid dienone is 1. The molecular weight excluding hydrogens is 476 g/mol. The average molecular weight is 507 g/mol. The maximum atomic E-state index is 12.8. The van der Waals surface area contributed by atoms with Gasteiger partial charge in [0.2, 0.25) is 0 Å². The SMILES string of the molecule is CCOC(=O)COc1ccc(C(=O)/C=C/c2cc(C(C)CC)c3oc(=O)c(C(=O)OCC)cc3c2)cc1. The largest absolute Gasteiger partial charge is 0.482 e. The summed E-state index contributed by atoms with van der Waals surface area (Å²) in [5.74, 6) is -0.917. The number of hydrogen-bond acceptors (Lipinski definition) is 8. The van der Waals surface area contributed by atoms with Crippen LogP contribution in [0.2, 0.25) is 0 Å². The van der Waals surface area contributed by atoms with E-state index in [1.165, 1.54) is 12.1 Å². The highest BCUT2D eigenvalue weighted by Gasteiger charge is 2.18. The monoisotopic (exact) mass is 506 g/mol. The second kappa shape index (κ2) is 12.7. The van der Waals surface area contributed by atoms with Crippen LogP contribution < -0.4 is 10.4 Å². The second-order valence-corrected chi connectivity index (χ2v) is 8.32. The molecule has 3 aromatic rings. The quantitative estimate of drug-likeness (QED) is 0.149. The number of ether oxygens (including phenoxy) is 3. The minimum Gasteiger partial charge on any atom is -0.482 e. The van der Waals surface area contributed by atoms with E-state index in [4.69, 9.17) is 18.6 Å². The van der Waals surface area contributed by atoms with Crippen LogP contribution in [-0.4, -0.2) is 37.5 Å². The Balaban J connectivity index is 1.87. The van der Waals surface area contributed by atoms with Crippen LogP contribution in [0.15, 0.2) is 57.8 Å². The molecule has 8 nitrogen and oxygen atoms in total. The summed E-state index contributed by atoms with van der Waals surface area (Å²) in [5.41, 5.74) is 1.46. The minimum atomic E-state index is -0.747. The van der Waals surface area contributed by atoms with Crippen molar-refractivity contribution in [2.24, 2.45) is 0 Å². The van der Waals surface area contributed by atoms with Crippen molar-refractivity contribution < 1.29 is 33.0 Å². The van der Waals surface area contributed by atoms with Crippen LogP contribution in [0.3, 0.4) is 0 Å². The summed E-state index contributed by atoms with van der Waals surface area (Å²) in [6, 6.07) is 11.5. The number of rotatable bonds is 11. The molecule has 1 heterocycles. The first-order chi connectivity index (χ1) is 17.8. The summed E-state index contributed by atoms with van der Waals surface area (Å²) in [6.45, 7) is 7.61. The zero-order valence-electron chi connectivity index (χ0n) is 21.4. The Morgan fingerprint density at radius 1 is 0.973 bits per heavy atom. The number of carbonyl (C=O) groups is 3. The Labute approximate surface area is 214 Å². The number of fused-ring (bicyclic) bond motifs is 1. The number of hydrogen-bond donors (Lipinski definition) is 0. The first-order valence-corrected chi connectivity index (χ1v) is 12.2. The highest BCUT2D eigenvalue weighted by Crippen LogP contribution is 2.30. The fraction of sp³-hybridized carbons (Fsp3) is 0.310. The van der Waals surface area contributed by atoms with E-state index in [2.05, 4.69) is 0 Å². The van der Waals surface area contributed by atoms with E-state index in [9.17, 15) is 19.2 Å². The predicted molar refractivity (Wildman–Crippen MR) is 139 cm³/mol. The molecule has 0 bridgehead atoms. The summed E-state index contributed by atoms with van der Waals surface area (Å²) >= 11 is 0. The Morgan fingerprint density at radius 3 is 2.32 bits per heavy atom. The standard InChI is InChI=1S/C29H30O8/c1-5-18(4)23-15-19(14-21-16-24(28(32)35-7-3)29(33)37-27(21)23)8-13-25(30)20-9-11-22(12-10-20)36-17-26(31)34-6-2/h8-16,18H,5-7,17H2,1-4H3/b13-8+. The molecule has 8 heteroatoms. The van der Waals surface area contributed by atoms with Crippen molar-refractivity contribution in [3.05, 3.63) is 81.2 Å². The maximum absolute atomic E-state index is 12.8. The van der Waals surface area contributed by atoms with E-state index in [-0.39, 0.29) is 37.1 Å². The van der Waals surface area contributed by atoms with Crippen molar-refractivity contribution in [1.29, 1.82) is 0 Å². The molecule has 0 saturated heterocycles. The van der Waals surface area contributed by atoms with Gasteiger partial charge in [-0.05, 0) is 85.9 Å². The summed E-state index contributed by atoms with van der Waals surface area (Å²) in [5, 5.41) is 0.565. The lowest BCUT2D eigenvalue weighted by molar-refractivity contribution is -0.145. The third-order valence-corrected chi connectivity index (χ3v) is 5.75. The second-order valence-electron chi connectivity index (χ2n) is 8.32. The lowest BCUT2D eigenvalue weighted by Crippen LogP contribution is -2.16. The summed E-state index contributed by atoms with van der Waals surface area (Å²) < 4.78 is 20.7. The molecule has 0 N–H and O–H groups in total. The molecule has 0 spiro atoms. The van der Waals surface area contributed by atoms with Gasteiger partial charge in [0.1, 0.15) is 16.9 Å². The van der Waals surface area contributed by atoms with Gasteiger partial charge in [-0.25, -0.2) is 14.4 Å². The van der Waals surface area contributed by atoms with Gasteiger partial charge in [0.05, 0.1) is 13.2 Å². The summed E-state index contributed by atoms with van der Waals surface area (Å²) in [4.78, 5) is 48.8. The fourth-order valence-electron chi connectivity index (χ4n) is 3.65. The van der Waals surface area contributed by atoms with E-state index < -0.39 is 17.6 Å². The van der Waals surface area contributed by atoms with Gasteiger partial charge in [0.25, 0.3) is 0 Å². The molecule has 194 valence electrons. The lowest BCUT2D eigenvalue weighted by Gasteiger charge is -2.13. The first kappa shape index (κ1) is 27.4. The molecule has 0 aliphatic rings. The van der Waals surface area contributed by atoms with E-state index in [1.807, 2.05) is 19.9 Å². The molecule has 0 saturated carbocycles. The van der Waals surface area contributed by atoms with Crippen LogP contribution in [-0.2, 0) is 14.3 Å². The van der Waals surface area contributed by atoms with Crippen LogP contribution in [0.25, 0.3) is 17.0 Å². The van der Waals surface area contributed by atoms with Gasteiger partial charge in [0, 0.05) is 10.9 Å². The van der Waals surface area contributed by atoms with E-state index in [0.717, 1.165) is 12.0 Å². The molecule has 1 aromatic heterocycles. The molecule has 0 aliphatic heterocycles. The third-order valence-electron chi connectivity index (χ3n) is 5.75. The zero-order chi connectivity index (χ0) is 26.9. The van der Waals surface area contributed by atoms with E-state index in [1.54, 1.807) is 50.3 Å². The van der Waals surface area contributed by atoms with E-state index >= 15 is 0 Å². The molecule has 0 amide bonds. The van der Waals surface area contributed by atoms with Gasteiger partial charge < -0.3 is 18.6 Å². The Morgan fingerprint density at radius 2 is 1.68 bits per heavy atom. The smallest absolute Gasteiger partial charge is 0.351 e. The number of ketones is 1. The van der Waals surface area contributed by atoms with Crippen LogP contribution in [0, 0.1) is 0 Å². The number of carbonyl (C=O) groups excluding carboxylic acids is 3. The van der Waals surface area contributed by atoms with Crippen LogP contribution >= 0.6 is 0 Å². The normalized spacial score (nSPS) is 11.9. The Bertz CT molecular complexity index is 1370. The van der Waals surface area contributed by atoms with Gasteiger partial charge in [-0.15, -0.1) is 0 Å². The fourth-order valence-corrected chi connectivity index (χ4v) is 3.65. The third kappa shape index (κ3) is 6.94. The lowest BCUT2D eigenvalue weighted by atomic mass is 9.93. The number of esters is 2. The molecular formula is C29H30O8. The molecule has 3 rings (SSSR count). The van der Waals surface area contributed by atoms with E-state index in [0.29, 0.717) is 27.8 Å². The summed E-state index contributed by atoms with van der Waals surface area (Å²) in [7, 11) is 0. The predicted octanol–water partition coefficient (Wildman–Crippen LogP) is 5.32. The number of benzene rings is 2. The van der Waals surface area contributed by atoms with Crippen LogP contribution in [0.4, 0.5) is 0 Å². The Hall–Kier alpha value is -4.20. The van der Waals surface area contributed by atoms with Crippen molar-refractivity contribution >= 4 is 34.8 Å². The van der Waals surface area contributed by atoms with Crippen LogP contribution in [0.5, 0.6) is 5.75 Å². The molecule has 0 aliphatic carbocycles. The molecule has 1 unspecified atom stereocenters. The van der Waals surface area contributed by atoms with Crippen molar-refractivity contribution in [2.45, 2.75) is 40.0 Å². The highest BCUT2D eigenvalue weighted by molar-refractivity contribution is 6.07. The average Bonchev–Trinajstić information content (AvgIpc) is 2.90. The molecule has 2 aromatic carbocycles. The van der Waals surface area contributed by atoms with Crippen molar-refractivity contribution in [3.8, 4) is 5.75 Å². The van der Waals surface area contributed by atoms with Gasteiger partial charge in [-0.2, -0.15) is 0 Å². The van der Waals surface area contributed by atoms with Crippen molar-refractivity contribution in [2.75, 3.05) is 19.8 Å². The van der Waals surface area contributed by atoms with Crippen molar-refractivity contribution in [1.82, 2.24) is 0 Å². The molecule has 0 radical (unpaired) electrons. The van der Waals surface area contributed by atoms with Gasteiger partial charge in [-0.3, -0.25) is 4.79 Å². The van der Waals surface area contributed by atoms with Crippen molar-refractivity contribution in [3.63, 3.8) is 0 Å². The maximum Gasteiger partial charge on any atom is 0.351 e.